The Morgan fingerprint density at radius 3 is 2.29 bits per heavy atom. The number of aliphatic hydroxyl groups excluding tert-OH is 1. The second-order valence-electron chi connectivity index (χ2n) is 8.10. The number of piperazine rings is 1. The van der Waals surface area contributed by atoms with Gasteiger partial charge in [0.25, 0.3) is 5.91 Å². The van der Waals surface area contributed by atoms with Crippen LogP contribution in [0.4, 0.5) is 5.69 Å². The van der Waals surface area contributed by atoms with Gasteiger partial charge in [0.05, 0.1) is 11.6 Å². The number of benzene rings is 2. The molecular weight excluding hydrogens is 435 g/mol. The zero-order chi connectivity index (χ0) is 20.3. The van der Waals surface area contributed by atoms with Gasteiger partial charge in [0, 0.05) is 44.0 Å². The Bertz CT molecular complexity index is 829. The number of nitrogens with one attached hydrogen (secondary N) is 2. The van der Waals surface area contributed by atoms with Crippen LogP contribution in [-0.2, 0) is 5.54 Å². The number of hydrogen-bond donors (Lipinski definition) is 3. The number of piperidine rings is 1. The van der Waals surface area contributed by atoms with Crippen LogP contribution in [0.5, 0.6) is 0 Å². The highest BCUT2D eigenvalue weighted by molar-refractivity contribution is 5.95. The van der Waals surface area contributed by atoms with Crippen molar-refractivity contribution < 1.29 is 9.90 Å². The number of carbonyl (C=O) groups excluding carboxylic acids is 1. The number of nitrogens with zero attached hydrogens (tertiary/aromatic N) is 2. The van der Waals surface area contributed by atoms with Crippen molar-refractivity contribution in [1.82, 2.24) is 15.5 Å². The Kier molecular flexibility index (Phi) is 9.15. The van der Waals surface area contributed by atoms with E-state index in [1.165, 1.54) is 0 Å². The van der Waals surface area contributed by atoms with Gasteiger partial charge in [0.1, 0.15) is 0 Å². The van der Waals surface area contributed by atoms with E-state index in [1.54, 1.807) is 0 Å². The highest BCUT2D eigenvalue weighted by Gasteiger charge is 2.42. The molecule has 2 heterocycles. The lowest BCUT2D eigenvalue weighted by Crippen LogP contribution is -2.61. The molecule has 2 aromatic rings. The lowest BCUT2D eigenvalue weighted by atomic mass is 9.79. The van der Waals surface area contributed by atoms with Crippen LogP contribution in [0, 0.1) is 0 Å². The number of likely N-dealkylation sites (N-methyl/N-ethyl adjacent to an activating group) is 1. The minimum Gasteiger partial charge on any atom is -0.389 e. The van der Waals surface area contributed by atoms with Crippen LogP contribution in [0.25, 0.3) is 0 Å². The van der Waals surface area contributed by atoms with Gasteiger partial charge in [-0.1, -0.05) is 30.3 Å². The van der Waals surface area contributed by atoms with E-state index in [9.17, 15) is 9.90 Å². The standard InChI is InChI=1S/C23H30N4O2.2ClH/c1-26-13-15-27(16-14-26)20-9-7-18(8-10-20)22(29)25-23(11-12-24-17-21(23)28)19-5-3-2-4-6-19;;/h2-10,21,24,28H,11-17H2,1H3,(H,25,29);2*1H/t21-,23+;;/m1../s1. The summed E-state index contributed by atoms with van der Waals surface area (Å²) in [6, 6.07) is 17.6. The lowest BCUT2D eigenvalue weighted by molar-refractivity contribution is 0.0290. The lowest BCUT2D eigenvalue weighted by Gasteiger charge is -2.43. The van der Waals surface area contributed by atoms with Crippen molar-refractivity contribution in [2.75, 3.05) is 51.2 Å². The summed E-state index contributed by atoms with van der Waals surface area (Å²) in [5.41, 5.74) is 1.93. The molecule has 0 radical (unpaired) electrons. The molecule has 2 fully saturated rings. The molecule has 2 aliphatic heterocycles. The molecule has 2 atom stereocenters. The average molecular weight is 467 g/mol. The summed E-state index contributed by atoms with van der Waals surface area (Å²) in [4.78, 5) is 17.8. The van der Waals surface area contributed by atoms with Crippen molar-refractivity contribution in [3.05, 3.63) is 65.7 Å². The topological polar surface area (TPSA) is 67.8 Å². The average Bonchev–Trinajstić information content (AvgIpc) is 2.77. The molecule has 0 bridgehead atoms. The molecule has 0 unspecified atom stereocenters. The van der Waals surface area contributed by atoms with Crippen molar-refractivity contribution in [3.8, 4) is 0 Å². The van der Waals surface area contributed by atoms with Crippen molar-refractivity contribution >= 4 is 36.4 Å². The number of hydrogen-bond acceptors (Lipinski definition) is 5. The normalized spacial score (nSPS) is 23.9. The molecule has 4 rings (SSSR count). The monoisotopic (exact) mass is 466 g/mol. The molecule has 3 N–H and O–H groups in total. The van der Waals surface area contributed by atoms with E-state index in [0.717, 1.165) is 44.0 Å². The van der Waals surface area contributed by atoms with Crippen LogP contribution < -0.4 is 15.5 Å². The molecule has 2 aromatic carbocycles. The third-order valence-corrected chi connectivity index (χ3v) is 6.23. The van der Waals surface area contributed by atoms with Crippen molar-refractivity contribution in [2.45, 2.75) is 18.1 Å². The fourth-order valence-corrected chi connectivity index (χ4v) is 4.32. The molecule has 8 heteroatoms. The van der Waals surface area contributed by atoms with Crippen molar-refractivity contribution in [1.29, 1.82) is 0 Å². The van der Waals surface area contributed by atoms with Crippen LogP contribution in [-0.4, -0.2) is 68.3 Å². The van der Waals surface area contributed by atoms with Gasteiger partial charge in [-0.2, -0.15) is 0 Å². The Morgan fingerprint density at radius 1 is 1.03 bits per heavy atom. The number of amides is 1. The van der Waals surface area contributed by atoms with E-state index in [2.05, 4.69) is 27.5 Å². The first-order valence-electron chi connectivity index (χ1n) is 10.4. The van der Waals surface area contributed by atoms with Crippen LogP contribution in [0.2, 0.25) is 0 Å². The SMILES string of the molecule is CN1CCN(c2ccc(C(=O)N[C@]3(c4ccccc4)CCNC[C@H]3O)cc2)CC1.Cl.Cl. The van der Waals surface area contributed by atoms with E-state index in [-0.39, 0.29) is 30.7 Å². The molecular formula is C23H32Cl2N4O2. The smallest absolute Gasteiger partial charge is 0.252 e. The first kappa shape index (κ1) is 25.4. The van der Waals surface area contributed by atoms with E-state index in [4.69, 9.17) is 0 Å². The number of anilines is 1. The van der Waals surface area contributed by atoms with Gasteiger partial charge in [-0.3, -0.25) is 4.79 Å². The number of β-amino-alcohol motifs (C(OH)–C–C–N with tert-alkyl or cyclic N) is 1. The fourth-order valence-electron chi connectivity index (χ4n) is 4.32. The minimum absolute atomic E-state index is 0. The van der Waals surface area contributed by atoms with Crippen molar-refractivity contribution in [3.63, 3.8) is 0 Å². The molecule has 170 valence electrons. The highest BCUT2D eigenvalue weighted by Crippen LogP contribution is 2.31. The van der Waals surface area contributed by atoms with Crippen molar-refractivity contribution in [2.24, 2.45) is 0 Å². The summed E-state index contributed by atoms with van der Waals surface area (Å²) in [6.07, 6.45) is -0.0456. The third-order valence-electron chi connectivity index (χ3n) is 6.23. The summed E-state index contributed by atoms with van der Waals surface area (Å²) in [6.45, 7) is 5.30. The summed E-state index contributed by atoms with van der Waals surface area (Å²) < 4.78 is 0. The fraction of sp³-hybridized carbons (Fsp3) is 0.435. The van der Waals surface area contributed by atoms with Gasteiger partial charge < -0.3 is 25.5 Å². The van der Waals surface area contributed by atoms with Crippen LogP contribution >= 0.6 is 24.8 Å². The van der Waals surface area contributed by atoms with Crippen LogP contribution in [0.1, 0.15) is 22.3 Å². The van der Waals surface area contributed by atoms with Gasteiger partial charge in [-0.15, -0.1) is 24.8 Å². The van der Waals surface area contributed by atoms with Gasteiger partial charge in [0.2, 0.25) is 0 Å². The summed E-state index contributed by atoms with van der Waals surface area (Å²) >= 11 is 0. The molecule has 2 saturated heterocycles. The Morgan fingerprint density at radius 2 is 1.68 bits per heavy atom. The first-order chi connectivity index (χ1) is 14.1. The summed E-state index contributed by atoms with van der Waals surface area (Å²) in [5, 5.41) is 17.2. The first-order valence-corrected chi connectivity index (χ1v) is 10.4. The number of rotatable bonds is 4. The zero-order valence-electron chi connectivity index (χ0n) is 17.8. The molecule has 0 aliphatic carbocycles. The predicted molar refractivity (Wildman–Crippen MR) is 130 cm³/mol. The quantitative estimate of drug-likeness (QED) is 0.644. The van der Waals surface area contributed by atoms with E-state index >= 15 is 0 Å². The molecule has 0 saturated carbocycles. The molecule has 6 nitrogen and oxygen atoms in total. The minimum atomic E-state index is -0.778. The predicted octanol–water partition coefficient (Wildman–Crippen LogP) is 2.26. The maximum absolute atomic E-state index is 13.1. The zero-order valence-corrected chi connectivity index (χ0v) is 19.4. The third kappa shape index (κ3) is 5.51. The van der Waals surface area contributed by atoms with Gasteiger partial charge in [0.15, 0.2) is 0 Å². The number of aliphatic hydroxyl groups is 1. The Hall–Kier alpha value is -1.83. The molecule has 0 spiro atoms. The van der Waals surface area contributed by atoms with E-state index < -0.39 is 11.6 Å². The summed E-state index contributed by atoms with van der Waals surface area (Å²) in [5.74, 6) is -0.153. The highest BCUT2D eigenvalue weighted by atomic mass is 35.5. The maximum Gasteiger partial charge on any atom is 0.252 e. The van der Waals surface area contributed by atoms with E-state index in [1.807, 2.05) is 54.6 Å². The van der Waals surface area contributed by atoms with Crippen LogP contribution in [0.3, 0.4) is 0 Å². The molecule has 1 amide bonds. The van der Waals surface area contributed by atoms with Gasteiger partial charge in [-0.05, 0) is 49.8 Å². The summed E-state index contributed by atoms with van der Waals surface area (Å²) in [7, 11) is 2.14. The largest absolute Gasteiger partial charge is 0.389 e. The molecule has 31 heavy (non-hydrogen) atoms. The molecule has 2 aliphatic rings. The number of carbonyl (C=O) groups is 1. The second kappa shape index (κ2) is 11.2. The maximum atomic E-state index is 13.1. The Balaban J connectivity index is 0.00000171. The van der Waals surface area contributed by atoms with Gasteiger partial charge >= 0.3 is 0 Å². The number of halogens is 2. The Labute approximate surface area is 196 Å². The van der Waals surface area contributed by atoms with E-state index in [0.29, 0.717) is 18.5 Å². The van der Waals surface area contributed by atoms with Crippen LogP contribution in [0.15, 0.2) is 54.6 Å². The van der Waals surface area contributed by atoms with Gasteiger partial charge in [-0.25, -0.2) is 0 Å². The molecule has 0 aromatic heterocycles. The second-order valence-corrected chi connectivity index (χ2v) is 8.10.